The molecule has 1 saturated heterocycles. The maximum absolute atomic E-state index is 13.8. The molecule has 1 aliphatic heterocycles. The number of piperidine rings is 1. The van der Waals surface area contributed by atoms with Gasteiger partial charge in [-0.15, -0.1) is 0 Å². The summed E-state index contributed by atoms with van der Waals surface area (Å²) in [4.78, 5) is 2.25. The predicted octanol–water partition coefficient (Wildman–Crippen LogP) is 3.65. The summed E-state index contributed by atoms with van der Waals surface area (Å²) in [5.41, 5.74) is 1.76. The fraction of sp³-hybridized carbons (Fsp3) is 0.350. The van der Waals surface area contributed by atoms with Crippen LogP contribution in [-0.4, -0.2) is 33.3 Å². The molecule has 0 radical (unpaired) electrons. The molecular formula is C20H22FN5. The number of rotatable bonds is 5. The summed E-state index contributed by atoms with van der Waals surface area (Å²) < 4.78 is 15.6. The molecule has 0 amide bonds. The van der Waals surface area contributed by atoms with E-state index in [0.717, 1.165) is 56.0 Å². The van der Waals surface area contributed by atoms with E-state index in [1.165, 1.54) is 6.07 Å². The molecule has 2 heterocycles. The molecule has 0 bridgehead atoms. The van der Waals surface area contributed by atoms with Crippen molar-refractivity contribution in [3.63, 3.8) is 0 Å². The summed E-state index contributed by atoms with van der Waals surface area (Å²) in [6.45, 7) is 1.85. The van der Waals surface area contributed by atoms with Gasteiger partial charge in [-0.3, -0.25) is 0 Å². The first kappa shape index (κ1) is 16.7. The van der Waals surface area contributed by atoms with E-state index >= 15 is 0 Å². The zero-order valence-electron chi connectivity index (χ0n) is 14.6. The number of nitrogens with zero attached hydrogens (tertiary/aromatic N) is 5. The third kappa shape index (κ3) is 3.59. The molecule has 0 saturated carbocycles. The molecule has 1 aromatic heterocycles. The number of anilines is 1. The summed E-state index contributed by atoms with van der Waals surface area (Å²) in [7, 11) is 0. The lowest BCUT2D eigenvalue weighted by atomic mass is 9.91. The van der Waals surface area contributed by atoms with Crippen molar-refractivity contribution in [2.75, 3.05) is 18.0 Å². The van der Waals surface area contributed by atoms with Gasteiger partial charge >= 0.3 is 0 Å². The maximum atomic E-state index is 13.8. The van der Waals surface area contributed by atoms with Crippen LogP contribution < -0.4 is 4.90 Å². The van der Waals surface area contributed by atoms with Gasteiger partial charge < -0.3 is 4.90 Å². The highest BCUT2D eigenvalue weighted by Gasteiger charge is 2.24. The molecule has 134 valence electrons. The Balaban J connectivity index is 1.45. The van der Waals surface area contributed by atoms with Gasteiger partial charge in [-0.25, -0.2) is 4.39 Å². The molecule has 26 heavy (non-hydrogen) atoms. The molecular weight excluding hydrogens is 329 g/mol. The number of hydrogen-bond acceptors (Lipinski definition) is 4. The number of aromatic nitrogens is 4. The molecule has 2 aromatic carbocycles. The lowest BCUT2D eigenvalue weighted by molar-refractivity contribution is 0.385. The van der Waals surface area contributed by atoms with Crippen LogP contribution in [-0.2, 0) is 6.42 Å². The van der Waals surface area contributed by atoms with Crippen molar-refractivity contribution in [2.24, 2.45) is 5.92 Å². The average molecular weight is 351 g/mol. The number of halogens is 1. The SMILES string of the molecule is Fc1ccccc1CC[C@H]1CCCN(c2nnnn2-c2ccccc2)C1. The van der Waals surface area contributed by atoms with Crippen LogP contribution in [0.3, 0.4) is 0 Å². The van der Waals surface area contributed by atoms with Crippen LogP contribution in [0.25, 0.3) is 5.69 Å². The Hall–Kier alpha value is -2.76. The average Bonchev–Trinajstić information content (AvgIpc) is 3.18. The number of tetrazole rings is 1. The molecule has 3 aromatic rings. The fourth-order valence-corrected chi connectivity index (χ4v) is 3.66. The Morgan fingerprint density at radius 3 is 2.69 bits per heavy atom. The van der Waals surface area contributed by atoms with E-state index in [1.807, 2.05) is 42.5 Å². The van der Waals surface area contributed by atoms with E-state index < -0.39 is 0 Å². The van der Waals surface area contributed by atoms with E-state index in [9.17, 15) is 4.39 Å². The Morgan fingerprint density at radius 2 is 1.85 bits per heavy atom. The van der Waals surface area contributed by atoms with Gasteiger partial charge in [0.25, 0.3) is 0 Å². The van der Waals surface area contributed by atoms with Crippen LogP contribution in [0.4, 0.5) is 10.3 Å². The third-order valence-corrected chi connectivity index (χ3v) is 5.04. The summed E-state index contributed by atoms with van der Waals surface area (Å²) in [6.07, 6.45) is 4.01. The molecule has 4 rings (SSSR count). The highest BCUT2D eigenvalue weighted by Crippen LogP contribution is 2.26. The van der Waals surface area contributed by atoms with E-state index in [2.05, 4.69) is 20.4 Å². The van der Waals surface area contributed by atoms with Gasteiger partial charge in [0.1, 0.15) is 5.82 Å². The van der Waals surface area contributed by atoms with Gasteiger partial charge in [-0.1, -0.05) is 41.5 Å². The Labute approximate surface area is 152 Å². The van der Waals surface area contributed by atoms with Crippen molar-refractivity contribution in [1.82, 2.24) is 20.2 Å². The molecule has 1 aliphatic rings. The monoisotopic (exact) mass is 351 g/mol. The van der Waals surface area contributed by atoms with Crippen LogP contribution in [0.1, 0.15) is 24.8 Å². The molecule has 0 spiro atoms. The van der Waals surface area contributed by atoms with E-state index in [1.54, 1.807) is 10.7 Å². The molecule has 5 nitrogen and oxygen atoms in total. The Morgan fingerprint density at radius 1 is 1.04 bits per heavy atom. The normalized spacial score (nSPS) is 17.4. The third-order valence-electron chi connectivity index (χ3n) is 5.04. The quantitative estimate of drug-likeness (QED) is 0.704. The summed E-state index contributed by atoms with van der Waals surface area (Å²) >= 11 is 0. The number of benzene rings is 2. The second kappa shape index (κ2) is 7.64. The van der Waals surface area contributed by atoms with Gasteiger partial charge in [-0.2, -0.15) is 4.68 Å². The van der Waals surface area contributed by atoms with Crippen molar-refractivity contribution >= 4 is 5.95 Å². The van der Waals surface area contributed by atoms with Crippen molar-refractivity contribution in [2.45, 2.75) is 25.7 Å². The summed E-state index contributed by atoms with van der Waals surface area (Å²) in [5.74, 6) is 1.20. The molecule has 1 fully saturated rings. The Kier molecular flexibility index (Phi) is 4.91. The van der Waals surface area contributed by atoms with Crippen molar-refractivity contribution in [3.8, 4) is 5.69 Å². The van der Waals surface area contributed by atoms with E-state index in [-0.39, 0.29) is 5.82 Å². The van der Waals surface area contributed by atoms with E-state index in [4.69, 9.17) is 0 Å². The summed E-state index contributed by atoms with van der Waals surface area (Å²) in [6, 6.07) is 17.0. The first-order chi connectivity index (χ1) is 12.8. The lowest BCUT2D eigenvalue weighted by Gasteiger charge is -2.33. The van der Waals surface area contributed by atoms with Gasteiger partial charge in [0, 0.05) is 13.1 Å². The van der Waals surface area contributed by atoms with Gasteiger partial charge in [0.15, 0.2) is 0 Å². The first-order valence-electron chi connectivity index (χ1n) is 9.13. The van der Waals surface area contributed by atoms with Crippen molar-refractivity contribution in [1.29, 1.82) is 0 Å². The zero-order chi connectivity index (χ0) is 17.8. The lowest BCUT2D eigenvalue weighted by Crippen LogP contribution is -2.37. The minimum absolute atomic E-state index is 0.104. The largest absolute Gasteiger partial charge is 0.339 e. The predicted molar refractivity (Wildman–Crippen MR) is 98.8 cm³/mol. The fourth-order valence-electron chi connectivity index (χ4n) is 3.66. The second-order valence-corrected chi connectivity index (χ2v) is 6.81. The highest BCUT2D eigenvalue weighted by atomic mass is 19.1. The Bertz CT molecular complexity index is 848. The molecule has 6 heteroatoms. The van der Waals surface area contributed by atoms with Crippen molar-refractivity contribution < 1.29 is 4.39 Å². The molecule has 1 atom stereocenters. The minimum atomic E-state index is -0.104. The van der Waals surface area contributed by atoms with Crippen LogP contribution in [0.2, 0.25) is 0 Å². The number of hydrogen-bond donors (Lipinski definition) is 0. The smallest absolute Gasteiger partial charge is 0.250 e. The number of aryl methyl sites for hydroxylation is 1. The zero-order valence-corrected chi connectivity index (χ0v) is 14.6. The van der Waals surface area contributed by atoms with Gasteiger partial charge in [-0.05, 0) is 65.8 Å². The van der Waals surface area contributed by atoms with Gasteiger partial charge in [0.2, 0.25) is 5.95 Å². The molecule has 0 aliphatic carbocycles. The van der Waals surface area contributed by atoms with E-state index in [0.29, 0.717) is 5.92 Å². The van der Waals surface area contributed by atoms with Crippen molar-refractivity contribution in [3.05, 3.63) is 66.0 Å². The van der Waals surface area contributed by atoms with Crippen LogP contribution in [0.15, 0.2) is 54.6 Å². The van der Waals surface area contributed by atoms with Crippen LogP contribution >= 0.6 is 0 Å². The first-order valence-corrected chi connectivity index (χ1v) is 9.13. The summed E-state index contributed by atoms with van der Waals surface area (Å²) in [5, 5.41) is 12.3. The minimum Gasteiger partial charge on any atom is -0.339 e. The maximum Gasteiger partial charge on any atom is 0.250 e. The topological polar surface area (TPSA) is 46.8 Å². The highest BCUT2D eigenvalue weighted by molar-refractivity contribution is 5.40. The van der Waals surface area contributed by atoms with Crippen LogP contribution in [0.5, 0.6) is 0 Å². The number of para-hydroxylation sites is 1. The standard InChI is InChI=1S/C20H22FN5/c21-19-11-5-4-8-17(19)13-12-16-7-6-14-25(15-16)20-22-23-24-26(20)18-9-2-1-3-10-18/h1-5,8-11,16H,6-7,12-15H2/t16-/m1/s1. The molecule has 0 unspecified atom stereocenters. The molecule has 0 N–H and O–H groups in total. The van der Waals surface area contributed by atoms with Crippen LogP contribution in [0, 0.1) is 11.7 Å². The van der Waals surface area contributed by atoms with Gasteiger partial charge in [0.05, 0.1) is 5.69 Å². The second-order valence-electron chi connectivity index (χ2n) is 6.81.